The number of methoxy groups -OCH3 is 2. The van der Waals surface area contributed by atoms with Crippen molar-refractivity contribution in [2.24, 2.45) is 0 Å². The number of rotatable bonds is 13. The SMILES string of the molecule is COC(=O)[C@H](C)NC(=O)[C@@]1(Cc2ccccc2)CC(=O)N1CCC[C@@H](C(=O)OC)N(C)C(=O)OCc1ccccc1. The lowest BCUT2D eigenvalue weighted by Crippen LogP contribution is -2.72. The van der Waals surface area contributed by atoms with Crippen molar-refractivity contribution in [3.8, 4) is 0 Å². The van der Waals surface area contributed by atoms with E-state index in [0.29, 0.717) is 0 Å². The van der Waals surface area contributed by atoms with Crippen LogP contribution in [0.5, 0.6) is 0 Å². The topological polar surface area (TPSA) is 132 Å². The van der Waals surface area contributed by atoms with Crippen LogP contribution >= 0.6 is 0 Å². The van der Waals surface area contributed by atoms with Crippen LogP contribution in [0.15, 0.2) is 60.7 Å². The van der Waals surface area contributed by atoms with Crippen LogP contribution in [0, 0.1) is 0 Å². The van der Waals surface area contributed by atoms with E-state index in [0.717, 1.165) is 11.1 Å². The van der Waals surface area contributed by atoms with Gasteiger partial charge in [0.15, 0.2) is 0 Å². The van der Waals surface area contributed by atoms with Gasteiger partial charge < -0.3 is 24.4 Å². The number of nitrogens with one attached hydrogen (secondary N) is 1. The van der Waals surface area contributed by atoms with Crippen molar-refractivity contribution in [1.29, 1.82) is 0 Å². The summed E-state index contributed by atoms with van der Waals surface area (Å²) in [6, 6.07) is 16.6. The molecule has 11 nitrogen and oxygen atoms in total. The number of likely N-dealkylation sites (tertiary alicyclic amines) is 1. The Morgan fingerprint density at radius 3 is 2.10 bits per heavy atom. The van der Waals surface area contributed by atoms with E-state index >= 15 is 0 Å². The van der Waals surface area contributed by atoms with Gasteiger partial charge in [-0.1, -0.05) is 60.7 Å². The first-order valence-electron chi connectivity index (χ1n) is 13.4. The molecule has 1 N–H and O–H groups in total. The summed E-state index contributed by atoms with van der Waals surface area (Å²) in [4.78, 5) is 66.3. The van der Waals surface area contributed by atoms with Crippen LogP contribution < -0.4 is 5.32 Å². The number of hydrogen-bond donors (Lipinski definition) is 1. The minimum absolute atomic E-state index is 0.0340. The number of benzene rings is 2. The van der Waals surface area contributed by atoms with E-state index in [9.17, 15) is 24.0 Å². The predicted octanol–water partition coefficient (Wildman–Crippen LogP) is 2.47. The van der Waals surface area contributed by atoms with E-state index in [-0.39, 0.29) is 44.7 Å². The molecule has 0 bridgehead atoms. The number of hydrogen-bond acceptors (Lipinski definition) is 8. The Bertz CT molecular complexity index is 1220. The Hall–Kier alpha value is -4.41. The van der Waals surface area contributed by atoms with Crippen LogP contribution in [0.2, 0.25) is 0 Å². The van der Waals surface area contributed by atoms with Crippen LogP contribution in [0.1, 0.15) is 37.3 Å². The zero-order valence-corrected chi connectivity index (χ0v) is 23.8. The second kappa shape index (κ2) is 14.3. The van der Waals surface area contributed by atoms with E-state index in [2.05, 4.69) is 5.32 Å². The fourth-order valence-electron chi connectivity index (χ4n) is 4.87. The van der Waals surface area contributed by atoms with Crippen LogP contribution in [0.3, 0.4) is 0 Å². The number of likely N-dealkylation sites (N-methyl/N-ethyl adjacent to an activating group) is 1. The Morgan fingerprint density at radius 2 is 1.54 bits per heavy atom. The Morgan fingerprint density at radius 1 is 0.951 bits per heavy atom. The van der Waals surface area contributed by atoms with Crippen molar-refractivity contribution in [2.75, 3.05) is 27.8 Å². The van der Waals surface area contributed by atoms with E-state index in [1.54, 1.807) is 0 Å². The van der Waals surface area contributed by atoms with Crippen LogP contribution in [-0.2, 0) is 46.4 Å². The van der Waals surface area contributed by atoms with Crippen LogP contribution in [-0.4, -0.2) is 85.1 Å². The lowest BCUT2D eigenvalue weighted by Gasteiger charge is -2.51. The molecular weight excluding hydrogens is 530 g/mol. The summed E-state index contributed by atoms with van der Waals surface area (Å²) < 4.78 is 15.0. The van der Waals surface area contributed by atoms with Gasteiger partial charge in [0.05, 0.1) is 20.6 Å². The molecule has 3 amide bonds. The van der Waals surface area contributed by atoms with Gasteiger partial charge in [-0.25, -0.2) is 14.4 Å². The molecule has 3 atom stereocenters. The lowest BCUT2D eigenvalue weighted by molar-refractivity contribution is -0.167. The van der Waals surface area contributed by atoms with E-state index in [1.807, 2.05) is 60.7 Å². The molecule has 11 heteroatoms. The quantitative estimate of drug-likeness (QED) is 0.222. The van der Waals surface area contributed by atoms with E-state index < -0.39 is 41.6 Å². The molecule has 0 spiro atoms. The standard InChI is InChI=1S/C30H37N3O8/c1-21(26(35)39-3)31-28(37)30(18-22-12-7-5-8-13-22)19-25(34)33(30)17-11-16-24(27(36)40-4)32(2)29(38)41-20-23-14-9-6-10-15-23/h5-10,12-15,21,24H,11,16-20H2,1-4H3,(H,31,37)/t21-,24-,30+/m0/s1. The largest absolute Gasteiger partial charge is 0.467 e. The molecule has 3 rings (SSSR count). The first kappa shape index (κ1) is 31.1. The number of esters is 2. The third kappa shape index (κ3) is 7.62. The number of carbonyl (C=O) groups is 5. The van der Waals surface area contributed by atoms with Gasteiger partial charge in [-0.05, 0) is 30.9 Å². The molecule has 0 unspecified atom stereocenters. The zero-order valence-electron chi connectivity index (χ0n) is 23.8. The summed E-state index contributed by atoms with van der Waals surface area (Å²) in [7, 11) is 3.91. The van der Waals surface area contributed by atoms with Crippen LogP contribution in [0.25, 0.3) is 0 Å². The first-order chi connectivity index (χ1) is 19.6. The van der Waals surface area contributed by atoms with E-state index in [1.165, 1.54) is 38.0 Å². The summed E-state index contributed by atoms with van der Waals surface area (Å²) in [5.74, 6) is -1.93. The number of carbonyl (C=O) groups excluding carboxylic acids is 5. The summed E-state index contributed by atoms with van der Waals surface area (Å²) in [6.45, 7) is 1.70. The number of amides is 3. The second-order valence-corrected chi connectivity index (χ2v) is 9.97. The van der Waals surface area contributed by atoms with Crippen molar-refractivity contribution in [3.05, 3.63) is 71.8 Å². The molecule has 1 fully saturated rings. The Labute approximate surface area is 239 Å². The zero-order chi connectivity index (χ0) is 30.0. The molecule has 1 aliphatic heterocycles. The van der Waals surface area contributed by atoms with Crippen molar-refractivity contribution in [1.82, 2.24) is 15.1 Å². The third-order valence-corrected chi connectivity index (χ3v) is 7.22. The maximum Gasteiger partial charge on any atom is 0.410 e. The average Bonchev–Trinajstić information content (AvgIpc) is 2.99. The van der Waals surface area contributed by atoms with Gasteiger partial charge in [0.2, 0.25) is 11.8 Å². The van der Waals surface area contributed by atoms with E-state index in [4.69, 9.17) is 14.2 Å². The summed E-state index contributed by atoms with van der Waals surface area (Å²) in [6.07, 6.45) is -0.0364. The lowest BCUT2D eigenvalue weighted by atomic mass is 9.77. The van der Waals surface area contributed by atoms with Gasteiger partial charge in [0, 0.05) is 20.0 Å². The number of nitrogens with zero attached hydrogens (tertiary/aromatic N) is 2. The fraction of sp³-hybridized carbons (Fsp3) is 0.433. The monoisotopic (exact) mass is 567 g/mol. The highest BCUT2D eigenvalue weighted by molar-refractivity contribution is 6.02. The highest BCUT2D eigenvalue weighted by Gasteiger charge is 2.56. The minimum atomic E-state index is -1.22. The fourth-order valence-corrected chi connectivity index (χ4v) is 4.87. The number of ether oxygens (including phenoxy) is 3. The minimum Gasteiger partial charge on any atom is -0.467 e. The Kier molecular flexibility index (Phi) is 10.8. The number of β-lactam (4-membered cyclic amide) rings is 1. The van der Waals surface area contributed by atoms with Crippen molar-refractivity contribution in [2.45, 2.75) is 56.8 Å². The maximum absolute atomic E-state index is 13.5. The van der Waals surface area contributed by atoms with Gasteiger partial charge in [-0.15, -0.1) is 0 Å². The first-order valence-corrected chi connectivity index (χ1v) is 13.4. The third-order valence-electron chi connectivity index (χ3n) is 7.22. The molecular formula is C30H37N3O8. The predicted molar refractivity (Wildman–Crippen MR) is 148 cm³/mol. The molecule has 2 aromatic carbocycles. The van der Waals surface area contributed by atoms with Crippen molar-refractivity contribution >= 4 is 29.8 Å². The van der Waals surface area contributed by atoms with Gasteiger partial charge >= 0.3 is 18.0 Å². The van der Waals surface area contributed by atoms with Gasteiger partial charge in [-0.3, -0.25) is 14.5 Å². The maximum atomic E-state index is 13.5. The molecule has 1 saturated heterocycles. The molecule has 0 aromatic heterocycles. The highest BCUT2D eigenvalue weighted by Crippen LogP contribution is 2.36. The summed E-state index contributed by atoms with van der Waals surface area (Å²) >= 11 is 0. The molecule has 0 radical (unpaired) electrons. The molecule has 220 valence electrons. The Balaban J connectivity index is 1.71. The smallest absolute Gasteiger partial charge is 0.410 e. The molecule has 0 saturated carbocycles. The molecule has 1 heterocycles. The van der Waals surface area contributed by atoms with Gasteiger partial charge in [-0.2, -0.15) is 0 Å². The van der Waals surface area contributed by atoms with Gasteiger partial charge in [0.1, 0.15) is 24.2 Å². The van der Waals surface area contributed by atoms with Crippen molar-refractivity contribution in [3.63, 3.8) is 0 Å². The molecule has 2 aromatic rings. The summed E-state index contributed by atoms with van der Waals surface area (Å²) in [5, 5.41) is 2.68. The molecule has 1 aliphatic rings. The molecule has 0 aliphatic carbocycles. The normalized spacial score (nSPS) is 17.5. The summed E-state index contributed by atoms with van der Waals surface area (Å²) in [5.41, 5.74) is 0.427. The van der Waals surface area contributed by atoms with Crippen molar-refractivity contribution < 1.29 is 38.2 Å². The second-order valence-electron chi connectivity index (χ2n) is 9.97. The molecule has 41 heavy (non-hydrogen) atoms. The van der Waals surface area contributed by atoms with Crippen LogP contribution in [0.4, 0.5) is 4.79 Å². The van der Waals surface area contributed by atoms with Gasteiger partial charge in [0.25, 0.3) is 0 Å². The highest BCUT2D eigenvalue weighted by atomic mass is 16.6. The average molecular weight is 568 g/mol.